The van der Waals surface area contributed by atoms with Crippen LogP contribution in [0, 0.1) is 0 Å². The molecule has 0 saturated carbocycles. The van der Waals surface area contributed by atoms with Crippen molar-refractivity contribution in [3.63, 3.8) is 0 Å². The number of aliphatic carboxylic acids is 1. The maximum Gasteiger partial charge on any atom is 0.416 e. The lowest BCUT2D eigenvalue weighted by Crippen LogP contribution is -2.06. The van der Waals surface area contributed by atoms with Crippen molar-refractivity contribution in [2.75, 3.05) is 0 Å². The van der Waals surface area contributed by atoms with E-state index in [1.807, 2.05) is 6.92 Å². The second-order valence-corrected chi connectivity index (χ2v) is 7.65. The Balaban J connectivity index is 2.21. The van der Waals surface area contributed by atoms with Gasteiger partial charge in [-0.1, -0.05) is 43.7 Å². The summed E-state index contributed by atoms with van der Waals surface area (Å²) in [4.78, 5) is 11.2. The van der Waals surface area contributed by atoms with Crippen molar-refractivity contribution in [1.29, 1.82) is 0 Å². The number of carboxylic acids is 1. The quantitative estimate of drug-likeness (QED) is 0.379. The molecule has 0 amide bonds. The van der Waals surface area contributed by atoms with E-state index in [1.54, 1.807) is 18.2 Å². The first-order valence-corrected chi connectivity index (χ1v) is 10.1. The molecule has 33 heavy (non-hydrogen) atoms. The van der Waals surface area contributed by atoms with Crippen molar-refractivity contribution in [3.05, 3.63) is 82.9 Å². The number of alkyl halides is 6. The fourth-order valence-corrected chi connectivity index (χ4v) is 3.70. The molecule has 0 bridgehead atoms. The number of carbonyl (C=O) groups is 1. The number of carboxylic acid groups (broad SMARTS) is 1. The van der Waals surface area contributed by atoms with Crippen LogP contribution in [0.3, 0.4) is 0 Å². The Labute approximate surface area is 186 Å². The molecule has 0 aliphatic heterocycles. The minimum Gasteiger partial charge on any atom is -0.481 e. The van der Waals surface area contributed by atoms with E-state index in [1.165, 1.54) is 18.2 Å². The first-order valence-electron chi connectivity index (χ1n) is 10.1. The maximum atomic E-state index is 13.2. The number of hydrogen-bond acceptors (Lipinski definition) is 1. The van der Waals surface area contributed by atoms with E-state index in [0.717, 1.165) is 24.3 Å². The van der Waals surface area contributed by atoms with Crippen LogP contribution in [0.15, 0.2) is 60.7 Å². The second-order valence-electron chi connectivity index (χ2n) is 7.65. The molecule has 0 saturated heterocycles. The second kappa shape index (κ2) is 9.29. The smallest absolute Gasteiger partial charge is 0.416 e. The van der Waals surface area contributed by atoms with Crippen molar-refractivity contribution >= 4 is 5.97 Å². The molecule has 0 aliphatic rings. The van der Waals surface area contributed by atoms with Gasteiger partial charge in [-0.05, 0) is 70.1 Å². The Morgan fingerprint density at radius 1 is 0.758 bits per heavy atom. The molecule has 0 heterocycles. The van der Waals surface area contributed by atoms with Gasteiger partial charge in [0.2, 0.25) is 0 Å². The van der Waals surface area contributed by atoms with Crippen LogP contribution in [-0.2, 0) is 30.0 Å². The van der Waals surface area contributed by atoms with E-state index in [4.69, 9.17) is 5.11 Å². The fourth-order valence-electron chi connectivity index (χ4n) is 3.70. The lowest BCUT2D eigenvalue weighted by molar-refractivity contribution is -0.138. The van der Waals surface area contributed by atoms with Gasteiger partial charge in [0.1, 0.15) is 0 Å². The van der Waals surface area contributed by atoms with Crippen LogP contribution < -0.4 is 0 Å². The number of benzene rings is 3. The van der Waals surface area contributed by atoms with Crippen LogP contribution in [0.5, 0.6) is 0 Å². The zero-order valence-corrected chi connectivity index (χ0v) is 17.5. The highest BCUT2D eigenvalue weighted by Crippen LogP contribution is 2.39. The Morgan fingerprint density at radius 3 is 1.88 bits per heavy atom. The molecule has 174 valence electrons. The lowest BCUT2D eigenvalue weighted by Gasteiger charge is -2.18. The molecule has 0 aliphatic carbocycles. The summed E-state index contributed by atoms with van der Waals surface area (Å²) in [6, 6.07) is 12.5. The van der Waals surface area contributed by atoms with Gasteiger partial charge in [0.25, 0.3) is 0 Å². The van der Waals surface area contributed by atoms with Gasteiger partial charge < -0.3 is 5.11 Å². The van der Waals surface area contributed by atoms with E-state index in [9.17, 15) is 31.1 Å². The van der Waals surface area contributed by atoms with Gasteiger partial charge in [-0.25, -0.2) is 0 Å². The summed E-state index contributed by atoms with van der Waals surface area (Å²) >= 11 is 0. The monoisotopic (exact) mass is 466 g/mol. The van der Waals surface area contributed by atoms with Crippen LogP contribution >= 0.6 is 0 Å². The molecule has 3 aromatic rings. The summed E-state index contributed by atoms with van der Waals surface area (Å²) in [5, 5.41) is 9.13. The molecule has 8 heteroatoms. The molecule has 0 spiro atoms. The van der Waals surface area contributed by atoms with Crippen LogP contribution in [0.1, 0.15) is 35.6 Å². The van der Waals surface area contributed by atoms with Gasteiger partial charge in [-0.2, -0.15) is 26.3 Å². The Bertz CT molecular complexity index is 1150. The molecule has 0 radical (unpaired) electrons. The molecule has 0 unspecified atom stereocenters. The number of halogens is 6. The normalized spacial score (nSPS) is 12.1. The zero-order valence-electron chi connectivity index (χ0n) is 17.5. The summed E-state index contributed by atoms with van der Waals surface area (Å²) in [6.07, 6.45) is -8.39. The zero-order chi connectivity index (χ0) is 24.4. The Kier molecular flexibility index (Phi) is 6.86. The molecule has 3 rings (SSSR count). The van der Waals surface area contributed by atoms with Crippen LogP contribution in [0.4, 0.5) is 26.3 Å². The van der Waals surface area contributed by atoms with Gasteiger partial charge >= 0.3 is 18.3 Å². The largest absolute Gasteiger partial charge is 0.481 e. The average Bonchev–Trinajstić information content (AvgIpc) is 2.72. The highest BCUT2D eigenvalue weighted by atomic mass is 19.4. The minimum absolute atomic E-state index is 0.303. The Morgan fingerprint density at radius 2 is 1.33 bits per heavy atom. The first kappa shape index (κ1) is 24.4. The fraction of sp³-hybridized carbons (Fsp3) is 0.240. The number of aryl methyl sites for hydroxylation is 1. The Hall–Kier alpha value is -3.29. The standard InChI is InChI=1S/C25H20F6O2/c1-2-3-17-14-19(25(29,30)31)9-11-20(17)21-10-4-15(13-23(32)33)12-22(21)16-5-7-18(8-6-16)24(26,27)28/h4-12,14H,2-3,13H2,1H3,(H,32,33). The molecule has 3 aromatic carbocycles. The third-order valence-electron chi connectivity index (χ3n) is 5.20. The van der Waals surface area contributed by atoms with Crippen molar-refractivity contribution < 1.29 is 36.2 Å². The van der Waals surface area contributed by atoms with E-state index in [-0.39, 0.29) is 6.42 Å². The number of hydrogen-bond donors (Lipinski definition) is 1. The van der Waals surface area contributed by atoms with Crippen molar-refractivity contribution in [2.45, 2.75) is 38.5 Å². The summed E-state index contributed by atoms with van der Waals surface area (Å²) in [5.74, 6) is -1.08. The summed E-state index contributed by atoms with van der Waals surface area (Å²) in [6.45, 7) is 1.83. The molecule has 0 aromatic heterocycles. The maximum absolute atomic E-state index is 13.2. The SMILES string of the molecule is CCCc1cc(C(F)(F)F)ccc1-c1ccc(CC(=O)O)cc1-c1ccc(C(F)(F)F)cc1. The molecular weight excluding hydrogens is 446 g/mol. The molecule has 0 atom stereocenters. The van der Waals surface area contributed by atoms with Crippen molar-refractivity contribution in [3.8, 4) is 22.3 Å². The van der Waals surface area contributed by atoms with Gasteiger partial charge in [0.15, 0.2) is 0 Å². The summed E-state index contributed by atoms with van der Waals surface area (Å²) in [5.41, 5.74) is 1.12. The van der Waals surface area contributed by atoms with E-state index in [0.29, 0.717) is 46.2 Å². The first-order chi connectivity index (χ1) is 15.4. The highest BCUT2D eigenvalue weighted by Gasteiger charge is 2.32. The van der Waals surface area contributed by atoms with Crippen LogP contribution in [0.2, 0.25) is 0 Å². The summed E-state index contributed by atoms with van der Waals surface area (Å²) < 4.78 is 78.7. The van der Waals surface area contributed by atoms with E-state index in [2.05, 4.69) is 0 Å². The lowest BCUT2D eigenvalue weighted by atomic mass is 9.88. The number of rotatable bonds is 6. The van der Waals surface area contributed by atoms with Gasteiger partial charge in [-0.15, -0.1) is 0 Å². The van der Waals surface area contributed by atoms with Crippen molar-refractivity contribution in [1.82, 2.24) is 0 Å². The van der Waals surface area contributed by atoms with Gasteiger partial charge in [-0.3, -0.25) is 4.79 Å². The van der Waals surface area contributed by atoms with E-state index < -0.39 is 29.4 Å². The third-order valence-corrected chi connectivity index (χ3v) is 5.20. The van der Waals surface area contributed by atoms with Gasteiger partial charge in [0, 0.05) is 0 Å². The predicted molar refractivity (Wildman–Crippen MR) is 113 cm³/mol. The molecule has 2 nitrogen and oxygen atoms in total. The van der Waals surface area contributed by atoms with Crippen LogP contribution in [0.25, 0.3) is 22.3 Å². The van der Waals surface area contributed by atoms with Gasteiger partial charge in [0.05, 0.1) is 17.5 Å². The average molecular weight is 466 g/mol. The van der Waals surface area contributed by atoms with Crippen LogP contribution in [-0.4, -0.2) is 11.1 Å². The highest BCUT2D eigenvalue weighted by molar-refractivity contribution is 5.86. The predicted octanol–water partition coefficient (Wildman–Crippen LogP) is 7.64. The molecular formula is C25H20F6O2. The molecule has 0 fully saturated rings. The third kappa shape index (κ3) is 5.74. The topological polar surface area (TPSA) is 37.3 Å². The molecule has 1 N–H and O–H groups in total. The van der Waals surface area contributed by atoms with E-state index >= 15 is 0 Å². The summed E-state index contributed by atoms with van der Waals surface area (Å²) in [7, 11) is 0. The van der Waals surface area contributed by atoms with Crippen molar-refractivity contribution in [2.24, 2.45) is 0 Å². The minimum atomic E-state index is -4.52.